The largest absolute Gasteiger partial charge is 0.394 e. The summed E-state index contributed by atoms with van der Waals surface area (Å²) in [4.78, 5) is 10.9. The van der Waals surface area contributed by atoms with Crippen LogP contribution in [0.4, 0.5) is 0 Å². The van der Waals surface area contributed by atoms with Crippen molar-refractivity contribution in [3.63, 3.8) is 0 Å². The van der Waals surface area contributed by atoms with Crippen LogP contribution in [0.3, 0.4) is 0 Å². The van der Waals surface area contributed by atoms with Gasteiger partial charge in [0, 0.05) is 6.92 Å². The molecular formula is C9H17NO6. The minimum Gasteiger partial charge on any atom is -0.394 e. The molecular weight excluding hydrogens is 218 g/mol. The fourth-order valence-corrected chi connectivity index (χ4v) is 1.76. The van der Waals surface area contributed by atoms with E-state index in [-0.39, 0.29) is 0 Å². The van der Waals surface area contributed by atoms with Gasteiger partial charge in [-0.2, -0.15) is 0 Å². The van der Waals surface area contributed by atoms with Gasteiger partial charge in [0.15, 0.2) is 0 Å². The lowest BCUT2D eigenvalue weighted by molar-refractivity contribution is -0.202. The number of aliphatic hydroxyl groups excluding tert-OH is 4. The van der Waals surface area contributed by atoms with Crippen molar-refractivity contribution >= 4 is 5.91 Å². The number of aliphatic hydroxyl groups is 4. The summed E-state index contributed by atoms with van der Waals surface area (Å²) < 4.78 is 5.16. The quantitative estimate of drug-likeness (QED) is 0.355. The maximum Gasteiger partial charge on any atom is 0.217 e. The molecule has 5 N–H and O–H groups in total. The minimum absolute atomic E-state index is 0.402. The third kappa shape index (κ3) is 2.69. The summed E-state index contributed by atoms with van der Waals surface area (Å²) in [6.07, 6.45) is -4.40. The van der Waals surface area contributed by atoms with Crippen molar-refractivity contribution in [2.75, 3.05) is 13.2 Å². The molecule has 1 saturated heterocycles. The summed E-state index contributed by atoms with van der Waals surface area (Å²) in [5, 5.41) is 39.6. The van der Waals surface area contributed by atoms with Crippen LogP contribution < -0.4 is 5.32 Å². The first-order chi connectivity index (χ1) is 7.51. The van der Waals surface area contributed by atoms with E-state index in [4.69, 9.17) is 14.9 Å². The zero-order valence-electron chi connectivity index (χ0n) is 8.91. The Bertz CT molecular complexity index is 246. The molecule has 0 aromatic heterocycles. The normalized spacial score (nSPS) is 39.4. The zero-order valence-corrected chi connectivity index (χ0v) is 8.91. The first-order valence-corrected chi connectivity index (χ1v) is 5.01. The lowest BCUT2D eigenvalue weighted by Crippen LogP contribution is -2.64. The van der Waals surface area contributed by atoms with Crippen molar-refractivity contribution in [3.8, 4) is 0 Å². The summed E-state index contributed by atoms with van der Waals surface area (Å²) in [6.45, 7) is 0.360. The molecule has 1 aliphatic rings. The van der Waals surface area contributed by atoms with Gasteiger partial charge in [0.05, 0.1) is 19.3 Å². The second-order valence-electron chi connectivity index (χ2n) is 3.79. The topological polar surface area (TPSA) is 119 Å². The van der Waals surface area contributed by atoms with Crippen LogP contribution in [0.15, 0.2) is 0 Å². The molecule has 5 atom stereocenters. The Morgan fingerprint density at radius 2 is 1.75 bits per heavy atom. The van der Waals surface area contributed by atoms with E-state index in [1.165, 1.54) is 6.92 Å². The van der Waals surface area contributed by atoms with Crippen molar-refractivity contribution in [2.45, 2.75) is 37.4 Å². The maximum atomic E-state index is 10.9. The molecule has 0 bridgehead atoms. The number of carbonyl (C=O) groups is 1. The summed E-state index contributed by atoms with van der Waals surface area (Å²) in [5.74, 6) is -0.402. The molecule has 7 nitrogen and oxygen atoms in total. The first kappa shape index (κ1) is 13.3. The summed E-state index contributed by atoms with van der Waals surface area (Å²) in [7, 11) is 0. The van der Waals surface area contributed by atoms with Crippen molar-refractivity contribution in [1.29, 1.82) is 0 Å². The molecule has 0 radical (unpaired) electrons. The van der Waals surface area contributed by atoms with E-state index >= 15 is 0 Å². The lowest BCUT2D eigenvalue weighted by atomic mass is 9.93. The summed E-state index contributed by atoms with van der Waals surface area (Å²) in [5.41, 5.74) is 0. The molecule has 7 heteroatoms. The van der Waals surface area contributed by atoms with Gasteiger partial charge in [0.1, 0.15) is 24.4 Å². The zero-order chi connectivity index (χ0) is 12.3. The molecule has 0 spiro atoms. The Balaban J connectivity index is 2.77. The number of ether oxygens (including phenoxy) is 1. The predicted octanol–water partition coefficient (Wildman–Crippen LogP) is -3.04. The molecule has 1 amide bonds. The van der Waals surface area contributed by atoms with Crippen LogP contribution >= 0.6 is 0 Å². The summed E-state index contributed by atoms with van der Waals surface area (Å²) >= 11 is 0. The molecule has 1 heterocycles. The van der Waals surface area contributed by atoms with Crippen molar-refractivity contribution in [3.05, 3.63) is 0 Å². The van der Waals surface area contributed by atoms with E-state index in [9.17, 15) is 15.0 Å². The fourth-order valence-electron chi connectivity index (χ4n) is 1.76. The second kappa shape index (κ2) is 5.55. The third-order valence-corrected chi connectivity index (χ3v) is 2.58. The van der Waals surface area contributed by atoms with Crippen molar-refractivity contribution in [2.24, 2.45) is 0 Å². The first-order valence-electron chi connectivity index (χ1n) is 5.01. The Kier molecular flexibility index (Phi) is 4.63. The van der Waals surface area contributed by atoms with Gasteiger partial charge in [0.25, 0.3) is 0 Å². The van der Waals surface area contributed by atoms with Gasteiger partial charge < -0.3 is 30.5 Å². The molecule has 94 valence electrons. The highest BCUT2D eigenvalue weighted by molar-refractivity contribution is 5.73. The van der Waals surface area contributed by atoms with E-state index < -0.39 is 49.6 Å². The Labute approximate surface area is 92.7 Å². The van der Waals surface area contributed by atoms with Crippen LogP contribution in [0.2, 0.25) is 0 Å². The van der Waals surface area contributed by atoms with Crippen LogP contribution in [0.5, 0.6) is 0 Å². The molecule has 0 aromatic rings. The molecule has 1 aliphatic heterocycles. The van der Waals surface area contributed by atoms with Gasteiger partial charge in [-0.3, -0.25) is 4.79 Å². The van der Waals surface area contributed by atoms with Gasteiger partial charge in [-0.25, -0.2) is 0 Å². The van der Waals surface area contributed by atoms with E-state index in [0.717, 1.165) is 0 Å². The van der Waals surface area contributed by atoms with E-state index in [0.29, 0.717) is 0 Å². The number of rotatable bonds is 3. The van der Waals surface area contributed by atoms with E-state index in [1.54, 1.807) is 0 Å². The number of amides is 1. The lowest BCUT2D eigenvalue weighted by Gasteiger charge is -2.41. The standard InChI is InChI=1S/C9H17NO6/c1-4(13)10-7-5(2-11)16-6(3-12)8(14)9(7)15/h5-9,11-12,14-15H,2-3H2,1H3,(H,10,13)/t5-,6?,7?,8-,9?/m0/s1. The molecule has 0 aliphatic carbocycles. The average Bonchev–Trinajstić information content (AvgIpc) is 2.25. The second-order valence-corrected chi connectivity index (χ2v) is 3.79. The molecule has 0 saturated carbocycles. The number of hydrogen-bond donors (Lipinski definition) is 5. The highest BCUT2D eigenvalue weighted by Gasteiger charge is 2.44. The van der Waals surface area contributed by atoms with E-state index in [2.05, 4.69) is 5.32 Å². The minimum atomic E-state index is -1.30. The maximum absolute atomic E-state index is 10.9. The molecule has 3 unspecified atom stereocenters. The number of hydrogen-bond acceptors (Lipinski definition) is 6. The highest BCUT2D eigenvalue weighted by atomic mass is 16.5. The predicted molar refractivity (Wildman–Crippen MR) is 52.5 cm³/mol. The average molecular weight is 235 g/mol. The fraction of sp³-hybridized carbons (Fsp3) is 0.889. The van der Waals surface area contributed by atoms with Crippen LogP contribution in [-0.2, 0) is 9.53 Å². The number of carbonyl (C=O) groups excluding carboxylic acids is 1. The van der Waals surface area contributed by atoms with Gasteiger partial charge in [-0.1, -0.05) is 0 Å². The Morgan fingerprint density at radius 1 is 1.19 bits per heavy atom. The van der Waals surface area contributed by atoms with Gasteiger partial charge in [-0.15, -0.1) is 0 Å². The van der Waals surface area contributed by atoms with Crippen LogP contribution in [0, 0.1) is 0 Å². The number of nitrogens with one attached hydrogen (secondary N) is 1. The van der Waals surface area contributed by atoms with Gasteiger partial charge in [-0.05, 0) is 0 Å². The van der Waals surface area contributed by atoms with Crippen LogP contribution in [-0.4, -0.2) is 70.0 Å². The van der Waals surface area contributed by atoms with Crippen molar-refractivity contribution < 1.29 is 30.0 Å². The third-order valence-electron chi connectivity index (χ3n) is 2.58. The molecule has 0 aromatic carbocycles. The summed E-state index contributed by atoms with van der Waals surface area (Å²) in [6, 6.07) is -0.889. The smallest absolute Gasteiger partial charge is 0.217 e. The molecule has 16 heavy (non-hydrogen) atoms. The Hall–Kier alpha value is -0.730. The van der Waals surface area contributed by atoms with E-state index in [1.807, 2.05) is 0 Å². The van der Waals surface area contributed by atoms with Crippen LogP contribution in [0.1, 0.15) is 6.92 Å². The Morgan fingerprint density at radius 3 is 2.19 bits per heavy atom. The molecule has 1 fully saturated rings. The van der Waals surface area contributed by atoms with Crippen molar-refractivity contribution in [1.82, 2.24) is 5.32 Å². The highest BCUT2D eigenvalue weighted by Crippen LogP contribution is 2.20. The SMILES string of the molecule is CC(=O)NC1C(O)[C@@H](O)C(CO)O[C@H]1CO. The van der Waals surface area contributed by atoms with Crippen LogP contribution in [0.25, 0.3) is 0 Å². The molecule has 1 rings (SSSR count). The van der Waals surface area contributed by atoms with Gasteiger partial charge >= 0.3 is 0 Å². The monoisotopic (exact) mass is 235 g/mol. The van der Waals surface area contributed by atoms with Gasteiger partial charge in [0.2, 0.25) is 5.91 Å².